The van der Waals surface area contributed by atoms with E-state index >= 15 is 0 Å². The van der Waals surface area contributed by atoms with Gasteiger partial charge in [-0.1, -0.05) is 25.0 Å². The molecule has 0 aromatic heterocycles. The van der Waals surface area contributed by atoms with Crippen LogP contribution in [0.25, 0.3) is 0 Å². The summed E-state index contributed by atoms with van der Waals surface area (Å²) in [6.45, 7) is 2.06. The Morgan fingerprint density at radius 1 is 1.18 bits per heavy atom. The van der Waals surface area contributed by atoms with Gasteiger partial charge in [0.1, 0.15) is 0 Å². The van der Waals surface area contributed by atoms with Gasteiger partial charge in [-0.2, -0.15) is 5.26 Å². The van der Waals surface area contributed by atoms with Crippen LogP contribution in [0.2, 0.25) is 0 Å². The Kier molecular flexibility index (Phi) is 5.57. The Balaban J connectivity index is 2.04. The maximum atomic E-state index is 11.5. The van der Waals surface area contributed by atoms with E-state index in [1.54, 1.807) is 12.1 Å². The fraction of sp³-hybridized carbons (Fsp3) is 0.562. The van der Waals surface area contributed by atoms with E-state index in [1.807, 2.05) is 12.1 Å². The maximum Gasteiger partial charge on any atom is 0.209 e. The highest BCUT2D eigenvalue weighted by atomic mass is 32.2. The lowest BCUT2D eigenvalue weighted by Crippen LogP contribution is -2.51. The molecule has 1 saturated carbocycles. The highest BCUT2D eigenvalue weighted by Crippen LogP contribution is 2.23. The zero-order valence-electron chi connectivity index (χ0n) is 13.0. The van der Waals surface area contributed by atoms with Gasteiger partial charge in [-0.05, 0) is 37.5 Å². The minimum atomic E-state index is -3.19. The molecule has 2 rings (SSSR count). The SMILES string of the molecule is C[C@H](N[C@H]1CCCC[C@H]1NS(C)(=O)=O)c1ccc(C#N)cc1. The van der Waals surface area contributed by atoms with E-state index in [0.29, 0.717) is 5.56 Å². The summed E-state index contributed by atoms with van der Waals surface area (Å²) in [5.74, 6) is 0. The van der Waals surface area contributed by atoms with Crippen molar-refractivity contribution in [1.29, 1.82) is 5.26 Å². The van der Waals surface area contributed by atoms with Gasteiger partial charge in [0.05, 0.1) is 17.9 Å². The van der Waals surface area contributed by atoms with Gasteiger partial charge in [0, 0.05) is 18.1 Å². The van der Waals surface area contributed by atoms with Crippen molar-refractivity contribution in [2.45, 2.75) is 50.7 Å². The molecule has 6 heteroatoms. The molecule has 0 heterocycles. The summed E-state index contributed by atoms with van der Waals surface area (Å²) in [6, 6.07) is 9.80. The molecule has 3 atom stereocenters. The first-order chi connectivity index (χ1) is 10.4. The van der Waals surface area contributed by atoms with Gasteiger partial charge >= 0.3 is 0 Å². The van der Waals surface area contributed by atoms with Gasteiger partial charge in [0.15, 0.2) is 0 Å². The van der Waals surface area contributed by atoms with Gasteiger partial charge < -0.3 is 5.32 Å². The Bertz CT molecular complexity index is 634. The molecule has 22 heavy (non-hydrogen) atoms. The van der Waals surface area contributed by atoms with Crippen molar-refractivity contribution in [2.75, 3.05) is 6.26 Å². The van der Waals surface area contributed by atoms with Crippen LogP contribution in [0, 0.1) is 11.3 Å². The summed E-state index contributed by atoms with van der Waals surface area (Å²) < 4.78 is 25.8. The second-order valence-corrected chi connectivity index (χ2v) is 7.79. The number of nitrogens with zero attached hydrogens (tertiary/aromatic N) is 1. The monoisotopic (exact) mass is 321 g/mol. The van der Waals surface area contributed by atoms with E-state index in [9.17, 15) is 8.42 Å². The van der Waals surface area contributed by atoms with Crippen LogP contribution in [0.4, 0.5) is 0 Å². The summed E-state index contributed by atoms with van der Waals surface area (Å²) in [4.78, 5) is 0. The zero-order valence-corrected chi connectivity index (χ0v) is 13.9. The lowest BCUT2D eigenvalue weighted by atomic mass is 9.90. The number of rotatable bonds is 5. The number of sulfonamides is 1. The molecule has 1 aliphatic rings. The highest BCUT2D eigenvalue weighted by molar-refractivity contribution is 7.88. The summed E-state index contributed by atoms with van der Waals surface area (Å²) in [6.07, 6.45) is 5.21. The molecule has 0 unspecified atom stereocenters. The molecule has 120 valence electrons. The minimum Gasteiger partial charge on any atom is -0.306 e. The molecule has 0 bridgehead atoms. The van der Waals surface area contributed by atoms with Gasteiger partial charge in [0.25, 0.3) is 0 Å². The first-order valence-electron chi connectivity index (χ1n) is 7.62. The third-order valence-corrected chi connectivity index (χ3v) is 4.87. The molecular formula is C16H23N3O2S. The summed E-state index contributed by atoms with van der Waals surface area (Å²) >= 11 is 0. The summed E-state index contributed by atoms with van der Waals surface area (Å²) in [5.41, 5.74) is 1.74. The van der Waals surface area contributed by atoms with Crippen molar-refractivity contribution >= 4 is 10.0 Å². The lowest BCUT2D eigenvalue weighted by molar-refractivity contribution is 0.291. The quantitative estimate of drug-likeness (QED) is 0.870. The summed E-state index contributed by atoms with van der Waals surface area (Å²) in [7, 11) is -3.19. The topological polar surface area (TPSA) is 82.0 Å². The predicted molar refractivity (Wildman–Crippen MR) is 86.7 cm³/mol. The van der Waals surface area contributed by atoms with E-state index in [0.717, 1.165) is 31.2 Å². The number of benzene rings is 1. The Hall–Kier alpha value is -1.42. The van der Waals surface area contributed by atoms with E-state index < -0.39 is 10.0 Å². The molecule has 1 aromatic carbocycles. The van der Waals surface area contributed by atoms with E-state index in [2.05, 4.69) is 23.0 Å². The van der Waals surface area contributed by atoms with Crippen molar-refractivity contribution in [3.63, 3.8) is 0 Å². The fourth-order valence-corrected chi connectivity index (χ4v) is 3.84. The first-order valence-corrected chi connectivity index (χ1v) is 9.51. The third kappa shape index (κ3) is 4.80. The molecule has 1 fully saturated rings. The van der Waals surface area contributed by atoms with Crippen LogP contribution >= 0.6 is 0 Å². The lowest BCUT2D eigenvalue weighted by Gasteiger charge is -2.34. The Labute approximate surface area is 132 Å². The van der Waals surface area contributed by atoms with Gasteiger partial charge in [-0.25, -0.2) is 13.1 Å². The van der Waals surface area contributed by atoms with Crippen LogP contribution < -0.4 is 10.0 Å². The fourth-order valence-electron chi connectivity index (χ4n) is 3.01. The molecule has 0 aliphatic heterocycles. The van der Waals surface area contributed by atoms with Crippen LogP contribution in [0.5, 0.6) is 0 Å². The Morgan fingerprint density at radius 3 is 2.32 bits per heavy atom. The van der Waals surface area contributed by atoms with Crippen LogP contribution in [0.15, 0.2) is 24.3 Å². The smallest absolute Gasteiger partial charge is 0.209 e. The second kappa shape index (κ2) is 7.23. The Morgan fingerprint density at radius 2 is 1.77 bits per heavy atom. The standard InChI is InChI=1S/C16H23N3O2S/c1-12(14-9-7-13(11-17)8-10-14)18-15-5-3-4-6-16(15)19-22(2,20)21/h7-10,12,15-16,18-19H,3-6H2,1-2H3/t12-,15-,16+/m0/s1. The van der Waals surface area contributed by atoms with Crippen LogP contribution in [0.3, 0.4) is 0 Å². The van der Waals surface area contributed by atoms with Crippen molar-refractivity contribution in [1.82, 2.24) is 10.0 Å². The number of hydrogen-bond donors (Lipinski definition) is 2. The average Bonchev–Trinajstić information content (AvgIpc) is 2.48. The number of nitrogens with one attached hydrogen (secondary N) is 2. The zero-order chi connectivity index (χ0) is 16.2. The molecule has 0 amide bonds. The molecule has 0 saturated heterocycles. The number of nitriles is 1. The van der Waals surface area contributed by atoms with Crippen LogP contribution in [-0.2, 0) is 10.0 Å². The largest absolute Gasteiger partial charge is 0.306 e. The van der Waals surface area contributed by atoms with Gasteiger partial charge in [0.2, 0.25) is 10.0 Å². The molecule has 1 aromatic rings. The maximum absolute atomic E-state index is 11.5. The number of hydrogen-bond acceptors (Lipinski definition) is 4. The van der Waals surface area contributed by atoms with E-state index in [-0.39, 0.29) is 18.1 Å². The van der Waals surface area contributed by atoms with Gasteiger partial charge in [-0.15, -0.1) is 0 Å². The second-order valence-electron chi connectivity index (χ2n) is 6.01. The molecular weight excluding hydrogens is 298 g/mol. The predicted octanol–water partition coefficient (Wildman–Crippen LogP) is 2.07. The van der Waals surface area contributed by atoms with Crippen LogP contribution in [0.1, 0.15) is 49.8 Å². The first kappa shape index (κ1) is 16.9. The third-order valence-electron chi connectivity index (χ3n) is 4.14. The summed E-state index contributed by atoms with van der Waals surface area (Å²) in [5, 5.41) is 12.4. The molecule has 0 spiro atoms. The van der Waals surface area contributed by atoms with Crippen molar-refractivity contribution in [3.8, 4) is 6.07 Å². The molecule has 1 aliphatic carbocycles. The molecule has 2 N–H and O–H groups in total. The normalized spacial score (nSPS) is 23.7. The molecule has 0 radical (unpaired) electrons. The molecule has 5 nitrogen and oxygen atoms in total. The van der Waals surface area contributed by atoms with Crippen molar-refractivity contribution in [3.05, 3.63) is 35.4 Å². The van der Waals surface area contributed by atoms with Gasteiger partial charge in [-0.3, -0.25) is 0 Å². The van der Waals surface area contributed by atoms with Crippen LogP contribution in [-0.4, -0.2) is 26.8 Å². The average molecular weight is 321 g/mol. The minimum absolute atomic E-state index is 0.0513. The highest BCUT2D eigenvalue weighted by Gasteiger charge is 2.28. The van der Waals surface area contributed by atoms with Crippen molar-refractivity contribution in [2.24, 2.45) is 0 Å². The van der Waals surface area contributed by atoms with E-state index in [1.165, 1.54) is 6.26 Å². The van der Waals surface area contributed by atoms with E-state index in [4.69, 9.17) is 5.26 Å². The van der Waals surface area contributed by atoms with Crippen molar-refractivity contribution < 1.29 is 8.42 Å².